The van der Waals surface area contributed by atoms with E-state index in [0.717, 1.165) is 0 Å². The van der Waals surface area contributed by atoms with Crippen molar-refractivity contribution < 1.29 is 9.72 Å². The molecule has 0 heterocycles. The largest absolute Gasteiger partial charge is 0.325 e. The smallest absolute Gasteiger partial charge is 0.274 e. The lowest BCUT2D eigenvalue weighted by Gasteiger charge is -2.09. The third kappa shape index (κ3) is 4.60. The van der Waals surface area contributed by atoms with Gasteiger partial charge >= 0.3 is 0 Å². The molecule has 23 heavy (non-hydrogen) atoms. The summed E-state index contributed by atoms with van der Waals surface area (Å²) in [6, 6.07) is 9.56. The molecular weight excluding hydrogens is 359 g/mol. The first-order chi connectivity index (χ1) is 10.9. The Morgan fingerprint density at radius 2 is 2.04 bits per heavy atom. The maximum absolute atomic E-state index is 12.0. The Morgan fingerprint density at radius 1 is 1.30 bits per heavy atom. The molecule has 2 rings (SSSR count). The lowest BCUT2D eigenvalue weighted by atomic mass is 10.1. The average Bonchev–Trinajstić information content (AvgIpc) is 2.50. The molecule has 0 fully saturated rings. The van der Waals surface area contributed by atoms with Gasteiger partial charge in [0.1, 0.15) is 0 Å². The van der Waals surface area contributed by atoms with Gasteiger partial charge in [0.25, 0.3) is 5.69 Å². The highest BCUT2D eigenvalue weighted by Crippen LogP contribution is 2.30. The summed E-state index contributed by atoms with van der Waals surface area (Å²) in [6.07, 6.45) is 0. The van der Waals surface area contributed by atoms with Gasteiger partial charge in [0, 0.05) is 16.0 Å². The van der Waals surface area contributed by atoms with E-state index >= 15 is 0 Å². The number of halogens is 2. The van der Waals surface area contributed by atoms with Crippen LogP contribution in [0.1, 0.15) is 5.56 Å². The molecule has 1 amide bonds. The number of hydrogen-bond acceptors (Lipinski definition) is 4. The predicted octanol–water partition coefficient (Wildman–Crippen LogP) is 4.94. The number of carbonyl (C=O) groups is 1. The third-order valence-electron chi connectivity index (χ3n) is 3.03. The molecule has 0 atom stereocenters. The second kappa shape index (κ2) is 7.68. The summed E-state index contributed by atoms with van der Waals surface area (Å²) in [4.78, 5) is 23.2. The van der Waals surface area contributed by atoms with Crippen LogP contribution < -0.4 is 5.32 Å². The number of nitro benzene ring substituents is 1. The number of hydrogen-bond donors (Lipinski definition) is 1. The first-order valence-corrected chi connectivity index (χ1v) is 8.24. The molecule has 0 aliphatic carbocycles. The molecule has 0 spiro atoms. The quantitative estimate of drug-likeness (QED) is 0.459. The Morgan fingerprint density at radius 3 is 2.74 bits per heavy atom. The van der Waals surface area contributed by atoms with Gasteiger partial charge in [-0.25, -0.2) is 0 Å². The van der Waals surface area contributed by atoms with Gasteiger partial charge in [-0.1, -0.05) is 29.3 Å². The van der Waals surface area contributed by atoms with Gasteiger partial charge in [0.05, 0.1) is 26.9 Å². The number of rotatable bonds is 5. The Bertz CT molecular complexity index is 768. The maximum Gasteiger partial charge on any atom is 0.274 e. The average molecular weight is 371 g/mol. The molecule has 0 radical (unpaired) electrons. The van der Waals surface area contributed by atoms with Gasteiger partial charge in [-0.05, 0) is 31.2 Å². The van der Waals surface area contributed by atoms with Gasteiger partial charge in [-0.15, -0.1) is 11.8 Å². The van der Waals surface area contributed by atoms with Crippen LogP contribution in [-0.2, 0) is 4.79 Å². The van der Waals surface area contributed by atoms with E-state index in [1.165, 1.54) is 23.9 Å². The Hall–Kier alpha value is -1.76. The number of nitrogens with one attached hydrogen (secondary N) is 1. The van der Waals surface area contributed by atoms with E-state index in [1.54, 1.807) is 31.2 Å². The van der Waals surface area contributed by atoms with Crippen LogP contribution in [0, 0.1) is 17.0 Å². The third-order valence-corrected chi connectivity index (χ3v) is 4.76. The molecule has 120 valence electrons. The van der Waals surface area contributed by atoms with E-state index in [2.05, 4.69) is 5.32 Å². The number of nitro groups is 1. The zero-order valence-corrected chi connectivity index (χ0v) is 14.3. The van der Waals surface area contributed by atoms with E-state index in [1.807, 2.05) is 0 Å². The van der Waals surface area contributed by atoms with E-state index in [4.69, 9.17) is 23.2 Å². The van der Waals surface area contributed by atoms with Crippen LogP contribution in [-0.4, -0.2) is 16.6 Å². The molecular formula is C15H12Cl2N2O3S. The standard InChI is InChI=1S/C15H12Cl2N2O3S/c1-9-12(3-2-4-13(9)19(21)22)18-15(20)8-23-14-7-10(16)5-6-11(14)17/h2-7H,8H2,1H3,(H,18,20). The second-order valence-corrected chi connectivity index (χ2v) is 6.48. The van der Waals surface area contributed by atoms with Crippen molar-refractivity contribution in [1.29, 1.82) is 0 Å². The number of benzene rings is 2. The van der Waals surface area contributed by atoms with Crippen molar-refractivity contribution in [2.75, 3.05) is 11.1 Å². The van der Waals surface area contributed by atoms with Crippen molar-refractivity contribution in [3.8, 4) is 0 Å². The van der Waals surface area contributed by atoms with Crippen molar-refractivity contribution in [3.63, 3.8) is 0 Å². The first kappa shape index (κ1) is 17.6. The molecule has 0 aliphatic heterocycles. The van der Waals surface area contributed by atoms with Crippen LogP contribution in [0.5, 0.6) is 0 Å². The topological polar surface area (TPSA) is 72.2 Å². The molecule has 0 saturated heterocycles. The van der Waals surface area contributed by atoms with Crippen LogP contribution in [0.4, 0.5) is 11.4 Å². The monoisotopic (exact) mass is 370 g/mol. The molecule has 8 heteroatoms. The summed E-state index contributed by atoms with van der Waals surface area (Å²) in [5.41, 5.74) is 0.798. The molecule has 1 N–H and O–H groups in total. The lowest BCUT2D eigenvalue weighted by molar-refractivity contribution is -0.385. The van der Waals surface area contributed by atoms with E-state index < -0.39 is 4.92 Å². The van der Waals surface area contributed by atoms with Crippen LogP contribution in [0.2, 0.25) is 10.0 Å². The second-order valence-electron chi connectivity index (χ2n) is 4.62. The number of nitrogens with zero attached hydrogens (tertiary/aromatic N) is 1. The normalized spacial score (nSPS) is 10.4. The van der Waals surface area contributed by atoms with Crippen molar-refractivity contribution >= 4 is 52.2 Å². The summed E-state index contributed by atoms with van der Waals surface area (Å²) in [5, 5.41) is 14.6. The number of anilines is 1. The van der Waals surface area contributed by atoms with Gasteiger partial charge in [0.15, 0.2) is 0 Å². The summed E-state index contributed by atoms with van der Waals surface area (Å²) in [6.45, 7) is 1.59. The highest BCUT2D eigenvalue weighted by Gasteiger charge is 2.15. The number of amides is 1. The van der Waals surface area contributed by atoms with Crippen molar-refractivity contribution in [1.82, 2.24) is 0 Å². The van der Waals surface area contributed by atoms with E-state index in [-0.39, 0.29) is 17.3 Å². The molecule has 5 nitrogen and oxygen atoms in total. The summed E-state index contributed by atoms with van der Waals surface area (Å²) >= 11 is 13.2. The van der Waals surface area contributed by atoms with Gasteiger partial charge in [-0.2, -0.15) is 0 Å². The van der Waals surface area contributed by atoms with E-state index in [9.17, 15) is 14.9 Å². The number of thioether (sulfide) groups is 1. The van der Waals surface area contributed by atoms with Crippen LogP contribution in [0.15, 0.2) is 41.3 Å². The van der Waals surface area contributed by atoms with Crippen molar-refractivity contribution in [2.24, 2.45) is 0 Å². The predicted molar refractivity (Wildman–Crippen MR) is 93.6 cm³/mol. The van der Waals surface area contributed by atoms with Crippen molar-refractivity contribution in [2.45, 2.75) is 11.8 Å². The Balaban J connectivity index is 2.04. The fourth-order valence-electron chi connectivity index (χ4n) is 1.87. The van der Waals surface area contributed by atoms with Gasteiger partial charge in [0.2, 0.25) is 5.91 Å². The van der Waals surface area contributed by atoms with Crippen LogP contribution >= 0.6 is 35.0 Å². The number of carbonyl (C=O) groups excluding carboxylic acids is 1. The summed E-state index contributed by atoms with van der Waals surface area (Å²) in [7, 11) is 0. The molecule has 2 aromatic rings. The summed E-state index contributed by atoms with van der Waals surface area (Å²) in [5.74, 6) is -0.169. The SMILES string of the molecule is Cc1c(NC(=O)CSc2cc(Cl)ccc2Cl)cccc1[N+](=O)[O-]. The molecule has 2 aromatic carbocycles. The van der Waals surface area contributed by atoms with Crippen LogP contribution in [0.3, 0.4) is 0 Å². The lowest BCUT2D eigenvalue weighted by Crippen LogP contribution is -2.15. The Kier molecular flexibility index (Phi) is 5.87. The first-order valence-electron chi connectivity index (χ1n) is 6.50. The molecule has 0 aromatic heterocycles. The zero-order chi connectivity index (χ0) is 17.0. The molecule has 0 unspecified atom stereocenters. The molecule has 0 saturated carbocycles. The highest BCUT2D eigenvalue weighted by molar-refractivity contribution is 8.00. The Labute approximate surface area is 147 Å². The minimum atomic E-state index is -0.481. The fraction of sp³-hybridized carbons (Fsp3) is 0.133. The minimum absolute atomic E-state index is 0.0339. The van der Waals surface area contributed by atoms with Crippen LogP contribution in [0.25, 0.3) is 0 Å². The van der Waals surface area contributed by atoms with E-state index in [0.29, 0.717) is 26.2 Å². The highest BCUT2D eigenvalue weighted by atomic mass is 35.5. The van der Waals surface area contributed by atoms with Gasteiger partial charge < -0.3 is 5.32 Å². The molecule has 0 bridgehead atoms. The summed E-state index contributed by atoms with van der Waals surface area (Å²) < 4.78 is 0. The molecule has 0 aliphatic rings. The maximum atomic E-state index is 12.0. The minimum Gasteiger partial charge on any atom is -0.325 e. The zero-order valence-electron chi connectivity index (χ0n) is 12.0. The van der Waals surface area contributed by atoms with Crippen molar-refractivity contribution in [3.05, 3.63) is 62.1 Å². The van der Waals surface area contributed by atoms with Gasteiger partial charge in [-0.3, -0.25) is 14.9 Å². The fourth-order valence-corrected chi connectivity index (χ4v) is 3.17.